The second kappa shape index (κ2) is 5.38. The molecule has 7 heteroatoms. The van der Waals surface area contributed by atoms with Gasteiger partial charge >= 0.3 is 6.18 Å². The molecule has 1 aromatic carbocycles. The van der Waals surface area contributed by atoms with Crippen LogP contribution in [-0.4, -0.2) is 17.6 Å². The third-order valence-corrected chi connectivity index (χ3v) is 2.99. The van der Waals surface area contributed by atoms with Gasteiger partial charge in [-0.15, -0.1) is 0 Å². The van der Waals surface area contributed by atoms with E-state index in [-0.39, 0.29) is 0 Å². The fraction of sp³-hybridized carbons (Fsp3) is 0.417. The smallest absolute Gasteiger partial charge is 0.348 e. The van der Waals surface area contributed by atoms with Gasteiger partial charge in [0.25, 0.3) is 0 Å². The highest BCUT2D eigenvalue weighted by Gasteiger charge is 2.54. The number of rotatable bonds is 3. The summed E-state index contributed by atoms with van der Waals surface area (Å²) in [5, 5.41) is 2.66. The van der Waals surface area contributed by atoms with Crippen molar-refractivity contribution < 1.29 is 18.0 Å². The number of hydrogen-bond donors (Lipinski definition) is 2. The minimum absolute atomic E-state index is 0.435. The predicted molar refractivity (Wildman–Crippen MR) is 66.7 cm³/mol. The third kappa shape index (κ3) is 3.61. The summed E-state index contributed by atoms with van der Waals surface area (Å²) in [5.41, 5.74) is 2.70. The maximum absolute atomic E-state index is 12.6. The Bertz CT molecular complexity index is 474. The van der Waals surface area contributed by atoms with Crippen LogP contribution in [0.5, 0.6) is 0 Å². The van der Waals surface area contributed by atoms with E-state index in [2.05, 4.69) is 5.32 Å². The molecular weight excluding hydrogens is 281 g/mol. The molecule has 0 fully saturated rings. The fourth-order valence-corrected chi connectivity index (χ4v) is 1.53. The van der Waals surface area contributed by atoms with Crippen LogP contribution in [0.15, 0.2) is 24.3 Å². The van der Waals surface area contributed by atoms with Gasteiger partial charge in [-0.25, -0.2) is 0 Å². The van der Waals surface area contributed by atoms with Gasteiger partial charge in [0.05, 0.1) is 6.04 Å². The standard InChI is InChI=1S/C12H14ClF3N2O/c1-7(8-4-3-5-9(13)6-8)18-10(19)11(2,17)12(14,15)16/h3-7H,17H2,1-2H3,(H,18,19)/t7-,11?/m0/s1. The number of benzene rings is 1. The van der Waals surface area contributed by atoms with Crippen LogP contribution in [-0.2, 0) is 4.79 Å². The van der Waals surface area contributed by atoms with Crippen LogP contribution >= 0.6 is 11.6 Å². The van der Waals surface area contributed by atoms with E-state index in [0.717, 1.165) is 0 Å². The molecule has 1 aromatic rings. The largest absolute Gasteiger partial charge is 0.415 e. The highest BCUT2D eigenvalue weighted by Crippen LogP contribution is 2.29. The number of carbonyl (C=O) groups is 1. The SMILES string of the molecule is C[C@H](NC(=O)C(C)(N)C(F)(F)F)c1cccc(Cl)c1. The van der Waals surface area contributed by atoms with Crippen molar-refractivity contribution in [2.75, 3.05) is 0 Å². The highest BCUT2D eigenvalue weighted by atomic mass is 35.5. The van der Waals surface area contributed by atoms with Crippen LogP contribution in [0.25, 0.3) is 0 Å². The van der Waals surface area contributed by atoms with Crippen LogP contribution in [0, 0.1) is 0 Å². The van der Waals surface area contributed by atoms with Crippen LogP contribution < -0.4 is 11.1 Å². The number of nitrogens with one attached hydrogen (secondary N) is 1. The first kappa shape index (κ1) is 15.8. The lowest BCUT2D eigenvalue weighted by molar-refractivity contribution is -0.187. The third-order valence-electron chi connectivity index (χ3n) is 2.76. The Kier molecular flexibility index (Phi) is 4.47. The maximum atomic E-state index is 12.6. The Labute approximate surface area is 113 Å². The molecule has 0 saturated carbocycles. The van der Waals surface area contributed by atoms with Crippen molar-refractivity contribution >= 4 is 17.5 Å². The fourth-order valence-electron chi connectivity index (χ4n) is 1.33. The number of halogens is 4. The van der Waals surface area contributed by atoms with Crippen molar-refractivity contribution in [1.29, 1.82) is 0 Å². The molecule has 1 unspecified atom stereocenters. The van der Waals surface area contributed by atoms with Crippen molar-refractivity contribution in [3.63, 3.8) is 0 Å². The lowest BCUT2D eigenvalue weighted by Gasteiger charge is -2.28. The number of amides is 1. The topological polar surface area (TPSA) is 55.1 Å². The van der Waals surface area contributed by atoms with Crippen molar-refractivity contribution in [1.82, 2.24) is 5.32 Å². The second-order valence-corrected chi connectivity index (χ2v) is 4.89. The van der Waals surface area contributed by atoms with Crippen LogP contribution in [0.1, 0.15) is 25.5 Å². The summed E-state index contributed by atoms with van der Waals surface area (Å²) in [6.07, 6.45) is -4.81. The van der Waals surface area contributed by atoms with Gasteiger partial charge in [0.1, 0.15) is 0 Å². The molecular formula is C12H14ClF3N2O. The molecule has 0 aromatic heterocycles. The molecule has 0 heterocycles. The van der Waals surface area contributed by atoms with Crippen LogP contribution in [0.3, 0.4) is 0 Å². The highest BCUT2D eigenvalue weighted by molar-refractivity contribution is 6.30. The Morgan fingerprint density at radius 1 is 1.42 bits per heavy atom. The lowest BCUT2D eigenvalue weighted by atomic mass is 10.0. The average molecular weight is 295 g/mol. The number of nitrogens with two attached hydrogens (primary N) is 1. The van der Waals surface area contributed by atoms with E-state index in [1.165, 1.54) is 0 Å². The van der Waals surface area contributed by atoms with Crippen molar-refractivity contribution in [2.45, 2.75) is 31.6 Å². The van der Waals surface area contributed by atoms with Crippen molar-refractivity contribution in [3.8, 4) is 0 Å². The average Bonchev–Trinajstić information content (AvgIpc) is 2.27. The molecule has 0 aliphatic heterocycles. The molecule has 3 nitrogen and oxygen atoms in total. The van der Waals surface area contributed by atoms with Gasteiger partial charge in [-0.3, -0.25) is 4.79 Å². The van der Waals surface area contributed by atoms with Gasteiger partial charge in [0.15, 0.2) is 5.54 Å². The maximum Gasteiger partial charge on any atom is 0.415 e. The molecule has 106 valence electrons. The van der Waals surface area contributed by atoms with Gasteiger partial charge in [-0.05, 0) is 31.5 Å². The van der Waals surface area contributed by atoms with Gasteiger partial charge in [0, 0.05) is 5.02 Å². The Morgan fingerprint density at radius 3 is 2.47 bits per heavy atom. The van der Waals surface area contributed by atoms with E-state index in [4.69, 9.17) is 17.3 Å². The zero-order valence-electron chi connectivity index (χ0n) is 10.4. The van der Waals surface area contributed by atoms with Crippen molar-refractivity contribution in [3.05, 3.63) is 34.9 Å². The number of alkyl halides is 3. The molecule has 2 atom stereocenters. The first-order valence-corrected chi connectivity index (χ1v) is 5.85. The lowest BCUT2D eigenvalue weighted by Crippen LogP contribution is -2.61. The Hall–Kier alpha value is -1.27. The molecule has 0 saturated heterocycles. The number of hydrogen-bond acceptors (Lipinski definition) is 2. The number of carbonyl (C=O) groups excluding carboxylic acids is 1. The first-order chi connectivity index (χ1) is 8.55. The van der Waals surface area contributed by atoms with Crippen molar-refractivity contribution in [2.24, 2.45) is 5.73 Å². The normalized spacial score (nSPS) is 16.6. The molecule has 1 rings (SSSR count). The monoisotopic (exact) mass is 294 g/mol. The van der Waals surface area contributed by atoms with Crippen LogP contribution in [0.2, 0.25) is 5.02 Å². The molecule has 0 aliphatic carbocycles. The summed E-state index contributed by atoms with van der Waals surface area (Å²) in [6.45, 7) is 2.18. The summed E-state index contributed by atoms with van der Waals surface area (Å²) in [4.78, 5) is 11.6. The van der Waals surface area contributed by atoms with E-state index in [1.54, 1.807) is 31.2 Å². The minimum atomic E-state index is -4.81. The Morgan fingerprint density at radius 2 is 2.00 bits per heavy atom. The van der Waals surface area contributed by atoms with Gasteiger partial charge in [-0.2, -0.15) is 13.2 Å². The predicted octanol–water partition coefficient (Wildman–Crippen LogP) is 2.80. The molecule has 19 heavy (non-hydrogen) atoms. The summed E-state index contributed by atoms with van der Waals surface area (Å²) in [7, 11) is 0. The van der Waals surface area contributed by atoms with E-state index in [1.807, 2.05) is 0 Å². The molecule has 0 aliphatic rings. The summed E-state index contributed by atoms with van der Waals surface area (Å²) >= 11 is 5.77. The second-order valence-electron chi connectivity index (χ2n) is 4.45. The van der Waals surface area contributed by atoms with Gasteiger partial charge in [-0.1, -0.05) is 23.7 Å². The molecule has 3 N–H and O–H groups in total. The van der Waals surface area contributed by atoms with Gasteiger partial charge in [0.2, 0.25) is 5.91 Å². The molecule has 0 spiro atoms. The van der Waals surface area contributed by atoms with E-state index in [9.17, 15) is 18.0 Å². The zero-order chi connectivity index (χ0) is 14.8. The van der Waals surface area contributed by atoms with E-state index >= 15 is 0 Å². The molecule has 0 bridgehead atoms. The summed E-state index contributed by atoms with van der Waals surface area (Å²) < 4.78 is 37.8. The minimum Gasteiger partial charge on any atom is -0.348 e. The van der Waals surface area contributed by atoms with Gasteiger partial charge < -0.3 is 11.1 Å². The van der Waals surface area contributed by atoms with E-state index < -0.39 is 23.7 Å². The Balaban J connectivity index is 2.83. The quantitative estimate of drug-likeness (QED) is 0.900. The summed E-state index contributed by atoms with van der Waals surface area (Å²) in [6, 6.07) is 5.86. The first-order valence-electron chi connectivity index (χ1n) is 5.47. The molecule has 0 radical (unpaired) electrons. The van der Waals surface area contributed by atoms with E-state index in [0.29, 0.717) is 17.5 Å². The molecule has 1 amide bonds. The zero-order valence-corrected chi connectivity index (χ0v) is 11.1. The van der Waals surface area contributed by atoms with Crippen LogP contribution in [0.4, 0.5) is 13.2 Å². The summed E-state index contributed by atoms with van der Waals surface area (Å²) in [5.74, 6) is -1.28.